The fraction of sp³-hybridized carbons (Fsp3) is 0.625. The maximum Gasteiger partial charge on any atom is 0.0345 e. The van der Waals surface area contributed by atoms with Crippen molar-refractivity contribution >= 4 is 0 Å². The monoisotopic (exact) mass is 246 g/mol. The van der Waals surface area contributed by atoms with Gasteiger partial charge in [0.25, 0.3) is 0 Å². The molecule has 2 aliphatic heterocycles. The molecule has 0 unspecified atom stereocenters. The molecular formula is C16H26N2. The van der Waals surface area contributed by atoms with Crippen LogP contribution in [-0.4, -0.2) is 37.1 Å². The predicted octanol–water partition coefficient (Wildman–Crippen LogP) is 2.75. The summed E-state index contributed by atoms with van der Waals surface area (Å²) >= 11 is 0. The van der Waals surface area contributed by atoms with Gasteiger partial charge in [0.05, 0.1) is 0 Å². The first kappa shape index (κ1) is 13.6. The van der Waals surface area contributed by atoms with Crippen molar-refractivity contribution in [2.75, 3.05) is 26.2 Å². The van der Waals surface area contributed by atoms with E-state index in [2.05, 4.69) is 54.4 Å². The molecule has 2 nitrogen and oxygen atoms in total. The van der Waals surface area contributed by atoms with Gasteiger partial charge in [0.1, 0.15) is 0 Å². The number of hydrogen-bond acceptors (Lipinski definition) is 2. The highest BCUT2D eigenvalue weighted by molar-refractivity contribution is 5.26. The SMILES string of the molecule is C\C=C/C=C(\C=C/C)C1CCN(C2CNC2)CC1. The van der Waals surface area contributed by atoms with E-state index in [9.17, 15) is 0 Å². The number of hydrogen-bond donors (Lipinski definition) is 1. The summed E-state index contributed by atoms with van der Waals surface area (Å²) in [5, 5.41) is 3.37. The van der Waals surface area contributed by atoms with Crippen LogP contribution in [0.15, 0.2) is 36.0 Å². The Balaban J connectivity index is 1.89. The molecule has 100 valence electrons. The fourth-order valence-electron chi connectivity index (χ4n) is 2.86. The van der Waals surface area contributed by atoms with Gasteiger partial charge in [-0.05, 0) is 51.3 Å². The van der Waals surface area contributed by atoms with Crippen LogP contribution in [0.5, 0.6) is 0 Å². The molecule has 0 aliphatic carbocycles. The highest BCUT2D eigenvalue weighted by atomic mass is 15.2. The Morgan fingerprint density at radius 1 is 1.11 bits per heavy atom. The number of piperidine rings is 1. The Kier molecular flexibility index (Phi) is 5.21. The Bertz CT molecular complexity index is 329. The van der Waals surface area contributed by atoms with E-state index >= 15 is 0 Å². The quantitative estimate of drug-likeness (QED) is 0.767. The molecule has 0 aromatic carbocycles. The van der Waals surface area contributed by atoms with Crippen LogP contribution in [0, 0.1) is 5.92 Å². The van der Waals surface area contributed by atoms with Crippen LogP contribution in [0.2, 0.25) is 0 Å². The largest absolute Gasteiger partial charge is 0.314 e. The first-order valence-corrected chi connectivity index (χ1v) is 7.25. The maximum absolute atomic E-state index is 3.37. The number of nitrogens with one attached hydrogen (secondary N) is 1. The number of nitrogens with zero attached hydrogens (tertiary/aromatic N) is 1. The summed E-state index contributed by atoms with van der Waals surface area (Å²) in [6.07, 6.45) is 13.6. The maximum atomic E-state index is 3.37. The molecule has 2 fully saturated rings. The minimum absolute atomic E-state index is 0.752. The standard InChI is InChI=1S/C16H26N2/c1-3-5-7-14(6-4-2)15-8-10-18(11-9-15)16-12-17-13-16/h3-7,15-17H,8-13H2,1-2H3/b5-3-,6-4-,14-7+. The summed E-state index contributed by atoms with van der Waals surface area (Å²) in [5.74, 6) is 0.752. The highest BCUT2D eigenvalue weighted by Gasteiger charge is 2.28. The molecule has 1 N–H and O–H groups in total. The van der Waals surface area contributed by atoms with E-state index in [0.717, 1.165) is 12.0 Å². The number of likely N-dealkylation sites (tertiary alicyclic amines) is 1. The minimum Gasteiger partial charge on any atom is -0.314 e. The Morgan fingerprint density at radius 2 is 1.83 bits per heavy atom. The van der Waals surface area contributed by atoms with Crippen LogP contribution in [-0.2, 0) is 0 Å². The lowest BCUT2D eigenvalue weighted by Crippen LogP contribution is -2.58. The van der Waals surface area contributed by atoms with E-state index in [1.165, 1.54) is 44.6 Å². The van der Waals surface area contributed by atoms with Gasteiger partial charge in [0.2, 0.25) is 0 Å². The van der Waals surface area contributed by atoms with E-state index < -0.39 is 0 Å². The van der Waals surface area contributed by atoms with Crippen molar-refractivity contribution in [3.8, 4) is 0 Å². The van der Waals surface area contributed by atoms with Gasteiger partial charge in [-0.15, -0.1) is 0 Å². The summed E-state index contributed by atoms with van der Waals surface area (Å²) in [4.78, 5) is 2.66. The van der Waals surface area contributed by atoms with Crippen LogP contribution in [0.3, 0.4) is 0 Å². The molecule has 0 saturated carbocycles. The van der Waals surface area contributed by atoms with Gasteiger partial charge in [0.15, 0.2) is 0 Å². The minimum atomic E-state index is 0.752. The normalized spacial score (nSPS) is 25.1. The second-order valence-electron chi connectivity index (χ2n) is 5.31. The van der Waals surface area contributed by atoms with Gasteiger partial charge in [-0.2, -0.15) is 0 Å². The third kappa shape index (κ3) is 3.33. The molecule has 2 heterocycles. The van der Waals surface area contributed by atoms with E-state index in [1.54, 1.807) is 0 Å². The lowest BCUT2D eigenvalue weighted by Gasteiger charge is -2.42. The summed E-state index contributed by atoms with van der Waals surface area (Å²) in [6.45, 7) is 9.11. The third-order valence-electron chi connectivity index (χ3n) is 4.12. The van der Waals surface area contributed by atoms with Crippen LogP contribution in [0.25, 0.3) is 0 Å². The topological polar surface area (TPSA) is 15.3 Å². The molecule has 0 aromatic rings. The van der Waals surface area contributed by atoms with E-state index in [4.69, 9.17) is 0 Å². The van der Waals surface area contributed by atoms with Gasteiger partial charge in [-0.25, -0.2) is 0 Å². The first-order valence-electron chi connectivity index (χ1n) is 7.25. The van der Waals surface area contributed by atoms with Crippen molar-refractivity contribution < 1.29 is 0 Å². The molecule has 2 aliphatic rings. The number of rotatable bonds is 4. The zero-order valence-corrected chi connectivity index (χ0v) is 11.7. The summed E-state index contributed by atoms with van der Waals surface area (Å²) < 4.78 is 0. The van der Waals surface area contributed by atoms with E-state index in [0.29, 0.717) is 0 Å². The van der Waals surface area contributed by atoms with Crippen molar-refractivity contribution in [2.45, 2.75) is 32.7 Å². The Morgan fingerprint density at radius 3 is 2.33 bits per heavy atom. The summed E-state index contributed by atoms with van der Waals surface area (Å²) in [7, 11) is 0. The van der Waals surface area contributed by atoms with Gasteiger partial charge in [0, 0.05) is 19.1 Å². The summed E-state index contributed by atoms with van der Waals surface area (Å²) in [5.41, 5.74) is 1.50. The molecule has 0 amide bonds. The second-order valence-corrected chi connectivity index (χ2v) is 5.31. The average molecular weight is 246 g/mol. The van der Waals surface area contributed by atoms with Gasteiger partial charge < -0.3 is 5.32 Å². The smallest absolute Gasteiger partial charge is 0.0345 e. The molecule has 0 atom stereocenters. The van der Waals surface area contributed by atoms with Crippen molar-refractivity contribution in [1.29, 1.82) is 0 Å². The summed E-state index contributed by atoms with van der Waals surface area (Å²) in [6, 6.07) is 0.815. The molecule has 2 saturated heterocycles. The molecule has 0 radical (unpaired) electrons. The van der Waals surface area contributed by atoms with Crippen molar-refractivity contribution in [1.82, 2.24) is 10.2 Å². The molecule has 18 heavy (non-hydrogen) atoms. The Labute approximate surface area is 111 Å². The molecular weight excluding hydrogens is 220 g/mol. The molecule has 0 aromatic heterocycles. The third-order valence-corrected chi connectivity index (χ3v) is 4.12. The first-order chi connectivity index (χ1) is 8.85. The van der Waals surface area contributed by atoms with E-state index in [1.807, 2.05) is 0 Å². The Hall–Kier alpha value is -0.860. The van der Waals surface area contributed by atoms with Crippen LogP contribution in [0.4, 0.5) is 0 Å². The van der Waals surface area contributed by atoms with Crippen molar-refractivity contribution in [3.63, 3.8) is 0 Å². The van der Waals surface area contributed by atoms with E-state index in [-0.39, 0.29) is 0 Å². The fourth-order valence-corrected chi connectivity index (χ4v) is 2.86. The molecule has 2 rings (SSSR count). The van der Waals surface area contributed by atoms with Crippen LogP contribution in [0.1, 0.15) is 26.7 Å². The lowest BCUT2D eigenvalue weighted by molar-refractivity contribution is 0.107. The highest BCUT2D eigenvalue weighted by Crippen LogP contribution is 2.27. The van der Waals surface area contributed by atoms with Crippen LogP contribution >= 0.6 is 0 Å². The molecule has 2 heteroatoms. The lowest BCUT2D eigenvalue weighted by atomic mass is 9.87. The second kappa shape index (κ2) is 6.91. The number of allylic oxidation sites excluding steroid dienone is 6. The van der Waals surface area contributed by atoms with Gasteiger partial charge in [-0.3, -0.25) is 4.90 Å². The van der Waals surface area contributed by atoms with Gasteiger partial charge >= 0.3 is 0 Å². The van der Waals surface area contributed by atoms with Crippen molar-refractivity contribution in [3.05, 3.63) is 36.0 Å². The van der Waals surface area contributed by atoms with Crippen molar-refractivity contribution in [2.24, 2.45) is 5.92 Å². The average Bonchev–Trinajstić information content (AvgIpc) is 2.33. The molecule has 0 bridgehead atoms. The predicted molar refractivity (Wildman–Crippen MR) is 78.7 cm³/mol. The zero-order valence-electron chi connectivity index (χ0n) is 11.7. The van der Waals surface area contributed by atoms with Crippen LogP contribution < -0.4 is 5.32 Å². The molecule has 0 spiro atoms. The van der Waals surface area contributed by atoms with Gasteiger partial charge in [-0.1, -0.05) is 30.4 Å². The zero-order chi connectivity index (χ0) is 12.8.